The van der Waals surface area contributed by atoms with Crippen molar-refractivity contribution in [3.05, 3.63) is 47.5 Å². The lowest BCUT2D eigenvalue weighted by molar-refractivity contribution is -0.127. The lowest BCUT2D eigenvalue weighted by atomic mass is 9.81. The van der Waals surface area contributed by atoms with Crippen LogP contribution in [0.1, 0.15) is 95.1 Å². The number of rotatable bonds is 17. The van der Waals surface area contributed by atoms with E-state index in [1.165, 1.54) is 19.2 Å². The molecular weight excluding hydrogens is 456 g/mol. The van der Waals surface area contributed by atoms with Gasteiger partial charge in [0, 0.05) is 12.3 Å². The van der Waals surface area contributed by atoms with Crippen molar-refractivity contribution in [2.75, 3.05) is 7.11 Å². The molecule has 0 spiro atoms. The quantitative estimate of drug-likeness (QED) is 0.144. The van der Waals surface area contributed by atoms with E-state index < -0.39 is 12.0 Å². The Morgan fingerprint density at radius 1 is 0.833 bits per heavy atom. The zero-order valence-corrected chi connectivity index (χ0v) is 22.1. The lowest BCUT2D eigenvalue weighted by Gasteiger charge is -2.25. The number of aliphatic hydroxyl groups is 1. The molecule has 6 nitrogen and oxygen atoms in total. The molecule has 36 heavy (non-hydrogen) atoms. The number of Topliss-reactive ketones (excluding diaryl/α,β-unsaturated/α-hetero) is 1. The summed E-state index contributed by atoms with van der Waals surface area (Å²) in [5.74, 6) is -0.266. The van der Waals surface area contributed by atoms with E-state index in [4.69, 9.17) is 4.74 Å². The number of phenolic OH excluding ortho intramolecular Hbond substituents is 3. The molecular formula is C30H44O6. The van der Waals surface area contributed by atoms with Crippen LogP contribution in [0.15, 0.2) is 36.4 Å². The average Bonchev–Trinajstić information content (AvgIpc) is 2.87. The van der Waals surface area contributed by atoms with E-state index >= 15 is 0 Å². The number of hydrogen-bond acceptors (Lipinski definition) is 6. The van der Waals surface area contributed by atoms with Gasteiger partial charge in [0.15, 0.2) is 23.0 Å². The van der Waals surface area contributed by atoms with E-state index in [1.807, 2.05) is 12.1 Å². The van der Waals surface area contributed by atoms with E-state index in [9.17, 15) is 25.2 Å². The van der Waals surface area contributed by atoms with Gasteiger partial charge >= 0.3 is 0 Å². The van der Waals surface area contributed by atoms with Crippen LogP contribution in [0.2, 0.25) is 0 Å². The van der Waals surface area contributed by atoms with Crippen LogP contribution in [0.5, 0.6) is 23.0 Å². The number of benzene rings is 2. The van der Waals surface area contributed by atoms with Crippen molar-refractivity contribution >= 4 is 5.78 Å². The molecule has 0 radical (unpaired) electrons. The minimum atomic E-state index is -0.782. The number of phenols is 3. The molecule has 4 N–H and O–H groups in total. The van der Waals surface area contributed by atoms with Crippen molar-refractivity contribution in [3.63, 3.8) is 0 Å². The molecule has 0 bridgehead atoms. The van der Waals surface area contributed by atoms with Crippen molar-refractivity contribution in [2.45, 2.75) is 96.5 Å². The third-order valence-corrected chi connectivity index (χ3v) is 7.04. The molecule has 0 aliphatic carbocycles. The van der Waals surface area contributed by atoms with Gasteiger partial charge in [-0.2, -0.15) is 0 Å². The summed E-state index contributed by atoms with van der Waals surface area (Å²) >= 11 is 0. The second-order valence-electron chi connectivity index (χ2n) is 9.83. The van der Waals surface area contributed by atoms with Gasteiger partial charge in [-0.15, -0.1) is 0 Å². The maximum atomic E-state index is 13.6. The molecule has 0 aliphatic rings. The zero-order chi connectivity index (χ0) is 26.5. The summed E-state index contributed by atoms with van der Waals surface area (Å²) in [7, 11) is 1.52. The Hall–Kier alpha value is -2.73. The lowest BCUT2D eigenvalue weighted by Crippen LogP contribution is -2.30. The van der Waals surface area contributed by atoms with Gasteiger partial charge in [-0.1, -0.05) is 64.5 Å². The summed E-state index contributed by atoms with van der Waals surface area (Å²) in [4.78, 5) is 13.6. The van der Waals surface area contributed by atoms with Crippen LogP contribution in [-0.2, 0) is 11.2 Å². The fourth-order valence-electron chi connectivity index (χ4n) is 4.79. The number of carbonyl (C=O) groups excluding carboxylic acids is 1. The van der Waals surface area contributed by atoms with E-state index in [0.717, 1.165) is 56.1 Å². The summed E-state index contributed by atoms with van der Waals surface area (Å²) in [6.07, 6.45) is 8.08. The van der Waals surface area contributed by atoms with Crippen LogP contribution in [0.3, 0.4) is 0 Å². The van der Waals surface area contributed by atoms with E-state index in [0.29, 0.717) is 31.4 Å². The molecule has 0 aliphatic heterocycles. The maximum Gasteiger partial charge on any atom is 0.160 e. The van der Waals surface area contributed by atoms with Crippen LogP contribution in [0, 0.1) is 5.92 Å². The first kappa shape index (κ1) is 29.5. The molecule has 6 heteroatoms. The number of ketones is 1. The fraction of sp³-hybridized carbons (Fsp3) is 0.567. The van der Waals surface area contributed by atoms with Gasteiger partial charge in [-0.3, -0.25) is 4.79 Å². The standard InChI is InChI=1S/C30H44O6/c1-4-6-8-10-22(23-14-17-27(33)30(20-23)36-3)19-28(34)24(11-9-7-5-2)25(31)15-12-21-13-16-26(32)29(35)18-21/h13-14,16-18,20,22,24-25,31-33,35H,4-12,15,19H2,1-3H3. The second kappa shape index (κ2) is 15.4. The molecule has 2 aromatic carbocycles. The highest BCUT2D eigenvalue weighted by atomic mass is 16.5. The van der Waals surface area contributed by atoms with Gasteiger partial charge in [-0.05, 0) is 67.0 Å². The number of aromatic hydroxyl groups is 3. The zero-order valence-electron chi connectivity index (χ0n) is 22.1. The first-order valence-corrected chi connectivity index (χ1v) is 13.4. The van der Waals surface area contributed by atoms with Crippen molar-refractivity contribution in [2.24, 2.45) is 5.92 Å². The van der Waals surface area contributed by atoms with Gasteiger partial charge in [0.2, 0.25) is 0 Å². The summed E-state index contributed by atoms with van der Waals surface area (Å²) in [6, 6.07) is 9.95. The highest BCUT2D eigenvalue weighted by molar-refractivity contribution is 5.82. The van der Waals surface area contributed by atoms with Gasteiger partial charge in [-0.25, -0.2) is 0 Å². The molecule has 0 amide bonds. The predicted molar refractivity (Wildman–Crippen MR) is 143 cm³/mol. The largest absolute Gasteiger partial charge is 0.504 e. The maximum absolute atomic E-state index is 13.6. The van der Waals surface area contributed by atoms with Crippen molar-refractivity contribution in [3.8, 4) is 23.0 Å². The van der Waals surface area contributed by atoms with E-state index in [-0.39, 0.29) is 28.9 Å². The predicted octanol–water partition coefficient (Wildman–Crippen LogP) is 6.63. The molecule has 0 saturated carbocycles. The molecule has 0 fully saturated rings. The number of unbranched alkanes of at least 4 members (excludes halogenated alkanes) is 4. The van der Waals surface area contributed by atoms with E-state index in [2.05, 4.69) is 13.8 Å². The molecule has 2 rings (SSSR count). The highest BCUT2D eigenvalue weighted by Crippen LogP contribution is 2.35. The molecule has 2 aromatic rings. The summed E-state index contributed by atoms with van der Waals surface area (Å²) < 4.78 is 5.30. The molecule has 0 saturated heterocycles. The van der Waals surface area contributed by atoms with Gasteiger partial charge in [0.05, 0.1) is 13.2 Å². The number of methoxy groups -OCH3 is 1. The summed E-state index contributed by atoms with van der Waals surface area (Å²) in [5, 5.41) is 40.4. The third-order valence-electron chi connectivity index (χ3n) is 7.04. The Kier molecular flexibility index (Phi) is 12.6. The van der Waals surface area contributed by atoms with Crippen LogP contribution in [-0.4, -0.2) is 39.4 Å². The number of aryl methyl sites for hydroxylation is 1. The minimum absolute atomic E-state index is 0.00605. The topological polar surface area (TPSA) is 107 Å². The Morgan fingerprint density at radius 2 is 1.50 bits per heavy atom. The Bertz CT molecular complexity index is 941. The van der Waals surface area contributed by atoms with Crippen LogP contribution >= 0.6 is 0 Å². The monoisotopic (exact) mass is 500 g/mol. The number of carbonyl (C=O) groups is 1. The Labute approximate surface area is 216 Å². The average molecular weight is 501 g/mol. The first-order valence-electron chi connectivity index (χ1n) is 13.4. The SMILES string of the molecule is CCCCCC(CC(=O)C(CCCCC)C(O)CCc1ccc(O)c(O)c1)c1ccc(O)c(OC)c1. The van der Waals surface area contributed by atoms with Crippen LogP contribution in [0.25, 0.3) is 0 Å². The minimum Gasteiger partial charge on any atom is -0.504 e. The van der Waals surface area contributed by atoms with Crippen LogP contribution in [0.4, 0.5) is 0 Å². The molecule has 0 heterocycles. The second-order valence-corrected chi connectivity index (χ2v) is 9.83. The normalized spacial score (nSPS) is 13.8. The number of ether oxygens (including phenoxy) is 1. The third kappa shape index (κ3) is 9.05. The molecule has 200 valence electrons. The molecule has 0 aromatic heterocycles. The molecule has 3 unspecified atom stereocenters. The highest BCUT2D eigenvalue weighted by Gasteiger charge is 2.29. The Balaban J connectivity index is 2.17. The van der Waals surface area contributed by atoms with Crippen molar-refractivity contribution in [1.29, 1.82) is 0 Å². The fourth-order valence-corrected chi connectivity index (χ4v) is 4.79. The summed E-state index contributed by atoms with van der Waals surface area (Å²) in [5.41, 5.74) is 1.77. The van der Waals surface area contributed by atoms with E-state index in [1.54, 1.807) is 12.1 Å². The van der Waals surface area contributed by atoms with Crippen molar-refractivity contribution in [1.82, 2.24) is 0 Å². The van der Waals surface area contributed by atoms with Gasteiger partial charge in [0.1, 0.15) is 5.78 Å². The van der Waals surface area contributed by atoms with Gasteiger partial charge < -0.3 is 25.2 Å². The first-order chi connectivity index (χ1) is 17.3. The number of aliphatic hydroxyl groups excluding tert-OH is 1. The van der Waals surface area contributed by atoms with Crippen LogP contribution < -0.4 is 4.74 Å². The Morgan fingerprint density at radius 3 is 2.14 bits per heavy atom. The number of hydrogen-bond donors (Lipinski definition) is 4. The molecule has 3 atom stereocenters. The van der Waals surface area contributed by atoms with Crippen molar-refractivity contribution < 1.29 is 30.0 Å². The van der Waals surface area contributed by atoms with Gasteiger partial charge in [0.25, 0.3) is 0 Å². The smallest absolute Gasteiger partial charge is 0.160 e. The summed E-state index contributed by atoms with van der Waals surface area (Å²) in [6.45, 7) is 4.27.